The predicted octanol–water partition coefficient (Wildman–Crippen LogP) is 5.15. The summed E-state index contributed by atoms with van der Waals surface area (Å²) in [5.41, 5.74) is 5.15. The molecule has 0 unspecified atom stereocenters. The van der Waals surface area contributed by atoms with Gasteiger partial charge in [-0.1, -0.05) is 23.9 Å². The summed E-state index contributed by atoms with van der Waals surface area (Å²) in [6, 6.07) is 8.12. The number of aromatic nitrogens is 4. The Morgan fingerprint density at radius 1 is 1.30 bits per heavy atom. The first kappa shape index (κ1) is 21.7. The molecule has 9 heteroatoms. The van der Waals surface area contributed by atoms with Crippen LogP contribution in [-0.2, 0) is 17.8 Å². The van der Waals surface area contributed by atoms with Crippen molar-refractivity contribution in [2.45, 2.75) is 32.0 Å². The molecule has 0 spiro atoms. The van der Waals surface area contributed by atoms with Crippen LogP contribution >= 0.6 is 23.1 Å². The molecule has 0 atom stereocenters. The molecular weight excluding hydrogens is 454 g/mol. The number of carbonyl (C=O) groups excluding carboxylic acids is 1. The smallest absolute Gasteiger partial charge is 0.237 e. The van der Waals surface area contributed by atoms with E-state index >= 15 is 0 Å². The summed E-state index contributed by atoms with van der Waals surface area (Å²) in [5, 5.41) is 12.5. The number of anilines is 1. The van der Waals surface area contributed by atoms with Crippen LogP contribution in [0.5, 0.6) is 0 Å². The van der Waals surface area contributed by atoms with Crippen LogP contribution in [0, 0.1) is 13.8 Å². The van der Waals surface area contributed by atoms with Gasteiger partial charge in [0.1, 0.15) is 5.76 Å². The van der Waals surface area contributed by atoms with Gasteiger partial charge in [-0.05, 0) is 44.0 Å². The number of fused-ring (bicyclic) bond motifs is 1. The van der Waals surface area contributed by atoms with Gasteiger partial charge in [-0.2, -0.15) is 0 Å². The summed E-state index contributed by atoms with van der Waals surface area (Å²) in [4.78, 5) is 19.5. The Labute approximate surface area is 200 Å². The number of benzene rings is 1. The molecule has 0 saturated carbocycles. The van der Waals surface area contributed by atoms with Crippen molar-refractivity contribution < 1.29 is 9.21 Å². The molecule has 0 fully saturated rings. The number of furan rings is 1. The van der Waals surface area contributed by atoms with Gasteiger partial charge in [0.25, 0.3) is 0 Å². The molecule has 1 aliphatic rings. The van der Waals surface area contributed by atoms with E-state index in [0.29, 0.717) is 24.1 Å². The average molecular weight is 478 g/mol. The van der Waals surface area contributed by atoms with Gasteiger partial charge in [-0.25, -0.2) is 4.98 Å². The summed E-state index contributed by atoms with van der Waals surface area (Å²) in [7, 11) is 0. The number of thiazole rings is 1. The van der Waals surface area contributed by atoms with Gasteiger partial charge in [-0.15, -0.1) is 28.1 Å². The van der Waals surface area contributed by atoms with E-state index in [1.807, 2.05) is 41.5 Å². The summed E-state index contributed by atoms with van der Waals surface area (Å²) < 4.78 is 7.38. The lowest BCUT2D eigenvalue weighted by atomic mass is 10.1. The number of nitrogens with zero attached hydrogens (tertiary/aromatic N) is 5. The number of hydrogen-bond acceptors (Lipinski definition) is 7. The van der Waals surface area contributed by atoms with Crippen LogP contribution in [-0.4, -0.2) is 38.0 Å². The highest BCUT2D eigenvalue weighted by Gasteiger charge is 2.26. The monoisotopic (exact) mass is 477 g/mol. The zero-order chi connectivity index (χ0) is 22.9. The maximum absolute atomic E-state index is 13.1. The predicted molar refractivity (Wildman–Crippen MR) is 132 cm³/mol. The molecule has 7 nitrogen and oxygen atoms in total. The third kappa shape index (κ3) is 4.14. The molecule has 3 aromatic heterocycles. The van der Waals surface area contributed by atoms with E-state index in [0.717, 1.165) is 39.7 Å². The molecule has 1 aromatic carbocycles. The number of thioether (sulfide) groups is 1. The van der Waals surface area contributed by atoms with E-state index in [2.05, 4.69) is 33.2 Å². The van der Waals surface area contributed by atoms with Gasteiger partial charge in [0, 0.05) is 29.7 Å². The van der Waals surface area contributed by atoms with Gasteiger partial charge < -0.3 is 9.32 Å². The fraction of sp³-hybridized carbons (Fsp3) is 0.250. The summed E-state index contributed by atoms with van der Waals surface area (Å²) in [6.45, 7) is 8.99. The van der Waals surface area contributed by atoms with Crippen LogP contribution in [0.1, 0.15) is 16.3 Å². The Hall–Kier alpha value is -3.17. The SMILES string of the molecule is C=CCn1c(SCC(=O)N2CCc3cc(-c4csc(C)n4)ccc32)nnc1-c1ccoc1C. The van der Waals surface area contributed by atoms with Crippen LogP contribution in [0.2, 0.25) is 0 Å². The van der Waals surface area contributed by atoms with Gasteiger partial charge in [0.15, 0.2) is 11.0 Å². The molecule has 1 amide bonds. The molecule has 1 aliphatic heterocycles. The highest BCUT2D eigenvalue weighted by atomic mass is 32.2. The molecule has 0 saturated heterocycles. The fourth-order valence-electron chi connectivity index (χ4n) is 4.03. The zero-order valence-electron chi connectivity index (χ0n) is 18.4. The lowest BCUT2D eigenvalue weighted by molar-refractivity contribution is -0.116. The van der Waals surface area contributed by atoms with E-state index in [4.69, 9.17) is 4.42 Å². The normalized spacial score (nSPS) is 12.8. The molecule has 0 bridgehead atoms. The largest absolute Gasteiger partial charge is 0.469 e. The third-order valence-electron chi connectivity index (χ3n) is 5.64. The highest BCUT2D eigenvalue weighted by molar-refractivity contribution is 7.99. The van der Waals surface area contributed by atoms with Crippen LogP contribution in [0.15, 0.2) is 58.1 Å². The van der Waals surface area contributed by atoms with Crippen molar-refractivity contribution in [3.05, 3.63) is 64.9 Å². The van der Waals surface area contributed by atoms with Crippen molar-refractivity contribution in [1.29, 1.82) is 0 Å². The van der Waals surface area contributed by atoms with Crippen LogP contribution < -0.4 is 4.90 Å². The number of carbonyl (C=O) groups is 1. The van der Waals surface area contributed by atoms with Crippen molar-refractivity contribution in [2.75, 3.05) is 17.2 Å². The second-order valence-corrected chi connectivity index (χ2v) is 9.78. The van der Waals surface area contributed by atoms with Crippen LogP contribution in [0.25, 0.3) is 22.6 Å². The molecule has 0 aliphatic carbocycles. The van der Waals surface area contributed by atoms with E-state index in [1.54, 1.807) is 23.7 Å². The molecule has 4 aromatic rings. The minimum atomic E-state index is 0.0604. The topological polar surface area (TPSA) is 77.1 Å². The standard InChI is InChI=1S/C24H23N5O2S2/c1-4-9-29-23(19-8-11-31-15(19)2)26-27-24(29)33-14-22(30)28-10-7-18-12-17(5-6-21(18)28)20-13-32-16(3)25-20/h4-6,8,11-13H,1,7,9-10,14H2,2-3H3. The first-order valence-corrected chi connectivity index (χ1v) is 12.5. The first-order chi connectivity index (χ1) is 16.0. The van der Waals surface area contributed by atoms with Crippen molar-refractivity contribution in [1.82, 2.24) is 19.7 Å². The Kier molecular flexibility index (Phi) is 5.90. The lowest BCUT2D eigenvalue weighted by Crippen LogP contribution is -2.30. The minimum absolute atomic E-state index is 0.0604. The summed E-state index contributed by atoms with van der Waals surface area (Å²) in [5.74, 6) is 1.84. The number of amides is 1. The van der Waals surface area contributed by atoms with E-state index in [1.165, 1.54) is 17.3 Å². The number of aryl methyl sites for hydroxylation is 2. The molecule has 33 heavy (non-hydrogen) atoms. The Balaban J connectivity index is 1.31. The second-order valence-electron chi connectivity index (χ2n) is 7.78. The Morgan fingerprint density at radius 3 is 2.91 bits per heavy atom. The van der Waals surface area contributed by atoms with E-state index in [9.17, 15) is 4.79 Å². The van der Waals surface area contributed by atoms with Crippen molar-refractivity contribution in [3.8, 4) is 22.6 Å². The quantitative estimate of drug-likeness (QED) is 0.271. The average Bonchev–Trinajstić information content (AvgIpc) is 3.59. The molecule has 4 heterocycles. The van der Waals surface area contributed by atoms with Crippen LogP contribution in [0.4, 0.5) is 5.69 Å². The second kappa shape index (κ2) is 8.99. The van der Waals surface area contributed by atoms with Gasteiger partial charge in [0.2, 0.25) is 5.91 Å². The molecule has 168 valence electrons. The molecule has 0 radical (unpaired) electrons. The maximum atomic E-state index is 13.1. The third-order valence-corrected chi connectivity index (χ3v) is 7.37. The fourth-order valence-corrected chi connectivity index (χ4v) is 5.47. The number of rotatable bonds is 7. The molecule has 0 N–H and O–H groups in total. The maximum Gasteiger partial charge on any atom is 0.237 e. The van der Waals surface area contributed by atoms with Gasteiger partial charge in [-0.3, -0.25) is 9.36 Å². The van der Waals surface area contributed by atoms with Gasteiger partial charge >= 0.3 is 0 Å². The zero-order valence-corrected chi connectivity index (χ0v) is 20.1. The lowest BCUT2D eigenvalue weighted by Gasteiger charge is -2.17. The first-order valence-electron chi connectivity index (χ1n) is 10.6. The number of allylic oxidation sites excluding steroid dienone is 1. The van der Waals surface area contributed by atoms with E-state index < -0.39 is 0 Å². The Bertz CT molecular complexity index is 1340. The molecular formula is C24H23N5O2S2. The van der Waals surface area contributed by atoms with E-state index in [-0.39, 0.29) is 11.7 Å². The highest BCUT2D eigenvalue weighted by Crippen LogP contribution is 2.34. The minimum Gasteiger partial charge on any atom is -0.469 e. The van der Waals surface area contributed by atoms with Crippen molar-refractivity contribution in [3.63, 3.8) is 0 Å². The molecule has 5 rings (SSSR count). The van der Waals surface area contributed by atoms with Crippen molar-refractivity contribution >= 4 is 34.7 Å². The Morgan fingerprint density at radius 2 is 2.18 bits per heavy atom. The van der Waals surface area contributed by atoms with Crippen molar-refractivity contribution in [2.24, 2.45) is 0 Å². The van der Waals surface area contributed by atoms with Crippen LogP contribution in [0.3, 0.4) is 0 Å². The number of hydrogen-bond donors (Lipinski definition) is 0. The summed E-state index contributed by atoms with van der Waals surface area (Å²) in [6.07, 6.45) is 4.28. The van der Waals surface area contributed by atoms with Gasteiger partial charge in [0.05, 0.1) is 28.3 Å². The summed E-state index contributed by atoms with van der Waals surface area (Å²) >= 11 is 3.04.